The van der Waals surface area contributed by atoms with Crippen molar-refractivity contribution < 1.29 is 19.1 Å². The van der Waals surface area contributed by atoms with Crippen molar-refractivity contribution in [2.75, 3.05) is 13.7 Å². The number of nitrogens with one attached hydrogen (secondary N) is 1. The summed E-state index contributed by atoms with van der Waals surface area (Å²) in [4.78, 5) is 37.3. The third-order valence-electron chi connectivity index (χ3n) is 3.52. The van der Waals surface area contributed by atoms with Gasteiger partial charge >= 0.3 is 0 Å². The number of nitrogens with zero attached hydrogens (tertiary/aromatic N) is 1. The first-order chi connectivity index (χ1) is 9.86. The smallest absolute Gasteiger partial charge is 0.255 e. The van der Waals surface area contributed by atoms with Gasteiger partial charge in [-0.1, -0.05) is 12.1 Å². The van der Waals surface area contributed by atoms with E-state index in [9.17, 15) is 14.4 Å². The molecule has 6 nitrogen and oxygen atoms in total. The minimum Gasteiger partial charge on any atom is -0.380 e. The van der Waals surface area contributed by atoms with Gasteiger partial charge in [-0.15, -0.1) is 0 Å². The fourth-order valence-corrected chi connectivity index (χ4v) is 2.23. The van der Waals surface area contributed by atoms with Crippen molar-refractivity contribution in [3.63, 3.8) is 0 Å². The van der Waals surface area contributed by atoms with Gasteiger partial charge in [-0.3, -0.25) is 19.7 Å². The van der Waals surface area contributed by atoms with E-state index >= 15 is 0 Å². The molecule has 0 saturated carbocycles. The Morgan fingerprint density at radius 1 is 1.38 bits per heavy atom. The number of carbonyl (C=O) groups is 3. The molecule has 0 atom stereocenters. The van der Waals surface area contributed by atoms with Crippen molar-refractivity contribution in [1.29, 1.82) is 0 Å². The Morgan fingerprint density at radius 3 is 2.76 bits per heavy atom. The maximum absolute atomic E-state index is 12.6. The van der Waals surface area contributed by atoms with Gasteiger partial charge in [0, 0.05) is 12.7 Å². The molecule has 0 radical (unpaired) electrons. The summed E-state index contributed by atoms with van der Waals surface area (Å²) in [6.45, 7) is 3.49. The number of benzene rings is 1. The highest BCUT2D eigenvalue weighted by atomic mass is 16.5. The molecule has 0 bridgehead atoms. The van der Waals surface area contributed by atoms with E-state index in [4.69, 9.17) is 4.74 Å². The van der Waals surface area contributed by atoms with Crippen LogP contribution >= 0.6 is 0 Å². The lowest BCUT2D eigenvalue weighted by Gasteiger charge is -2.40. The Morgan fingerprint density at radius 2 is 2.10 bits per heavy atom. The minimum absolute atomic E-state index is 0.133. The van der Waals surface area contributed by atoms with E-state index in [2.05, 4.69) is 5.32 Å². The van der Waals surface area contributed by atoms with Crippen LogP contribution < -0.4 is 5.32 Å². The van der Waals surface area contributed by atoms with E-state index in [0.717, 1.165) is 5.56 Å². The molecule has 1 aromatic carbocycles. The molecule has 0 spiro atoms. The molecule has 112 valence electrons. The molecule has 1 N–H and O–H groups in total. The van der Waals surface area contributed by atoms with E-state index in [1.165, 1.54) is 4.90 Å². The summed E-state index contributed by atoms with van der Waals surface area (Å²) in [6, 6.07) is 6.97. The number of ether oxygens (including phenoxy) is 1. The van der Waals surface area contributed by atoms with E-state index in [0.29, 0.717) is 12.2 Å². The van der Waals surface area contributed by atoms with Crippen LogP contribution in [0.5, 0.6) is 0 Å². The Balaban J connectivity index is 2.31. The van der Waals surface area contributed by atoms with Gasteiger partial charge in [0.15, 0.2) is 0 Å². The molecule has 2 rings (SSSR count). The molecular formula is C15H18N2O4. The summed E-state index contributed by atoms with van der Waals surface area (Å²) in [7, 11) is 1.57. The first-order valence-electron chi connectivity index (χ1n) is 6.60. The number of hydrogen-bond acceptors (Lipinski definition) is 4. The van der Waals surface area contributed by atoms with Crippen molar-refractivity contribution in [2.45, 2.75) is 26.0 Å². The molecule has 0 aromatic heterocycles. The highest BCUT2D eigenvalue weighted by Crippen LogP contribution is 2.21. The van der Waals surface area contributed by atoms with Crippen LogP contribution in [0.1, 0.15) is 29.8 Å². The summed E-state index contributed by atoms with van der Waals surface area (Å²) < 4.78 is 5.04. The summed E-state index contributed by atoms with van der Waals surface area (Å²) >= 11 is 0. The molecule has 6 heteroatoms. The van der Waals surface area contributed by atoms with E-state index in [-0.39, 0.29) is 12.5 Å². The van der Waals surface area contributed by atoms with Crippen LogP contribution in [0, 0.1) is 0 Å². The molecule has 1 aromatic rings. The highest BCUT2D eigenvalue weighted by molar-refractivity contribution is 6.08. The van der Waals surface area contributed by atoms with Crippen LogP contribution in [-0.4, -0.2) is 41.8 Å². The predicted octanol–water partition coefficient (Wildman–Crippen LogP) is 0.710. The van der Waals surface area contributed by atoms with Gasteiger partial charge in [0.2, 0.25) is 5.91 Å². The third-order valence-corrected chi connectivity index (χ3v) is 3.52. The van der Waals surface area contributed by atoms with Gasteiger partial charge in [0.25, 0.3) is 11.8 Å². The van der Waals surface area contributed by atoms with E-state index in [1.54, 1.807) is 39.2 Å². The molecule has 0 unspecified atom stereocenters. The molecule has 1 heterocycles. The molecule has 1 saturated heterocycles. The zero-order valence-corrected chi connectivity index (χ0v) is 12.3. The Bertz CT molecular complexity index is 595. The van der Waals surface area contributed by atoms with E-state index < -0.39 is 17.4 Å². The Hall–Kier alpha value is -2.21. The van der Waals surface area contributed by atoms with Crippen LogP contribution in [0.2, 0.25) is 0 Å². The summed E-state index contributed by atoms with van der Waals surface area (Å²) in [6.07, 6.45) is 0. The second kappa shape index (κ2) is 5.65. The van der Waals surface area contributed by atoms with Crippen molar-refractivity contribution >= 4 is 17.7 Å². The first-order valence-corrected chi connectivity index (χ1v) is 6.60. The topological polar surface area (TPSA) is 75.7 Å². The summed E-state index contributed by atoms with van der Waals surface area (Å²) in [5, 5.41) is 2.25. The second-order valence-corrected chi connectivity index (χ2v) is 5.46. The zero-order chi connectivity index (χ0) is 15.6. The molecule has 3 amide bonds. The summed E-state index contributed by atoms with van der Waals surface area (Å²) in [5.74, 6) is -1.29. The van der Waals surface area contributed by atoms with Crippen LogP contribution in [-0.2, 0) is 20.9 Å². The maximum Gasteiger partial charge on any atom is 0.255 e. The summed E-state index contributed by atoms with van der Waals surface area (Å²) in [5.41, 5.74) is 0.219. The van der Waals surface area contributed by atoms with Gasteiger partial charge in [0.05, 0.1) is 6.61 Å². The van der Waals surface area contributed by atoms with Gasteiger partial charge < -0.3 is 9.64 Å². The van der Waals surface area contributed by atoms with Gasteiger partial charge in [0.1, 0.15) is 12.1 Å². The molecule has 0 aliphatic carbocycles. The predicted molar refractivity (Wildman–Crippen MR) is 75.4 cm³/mol. The minimum atomic E-state index is -1.07. The lowest BCUT2D eigenvalue weighted by Crippen LogP contribution is -2.65. The lowest BCUT2D eigenvalue weighted by atomic mass is 9.97. The molecule has 1 fully saturated rings. The van der Waals surface area contributed by atoms with Crippen molar-refractivity contribution in [3.05, 3.63) is 35.4 Å². The number of hydrogen-bond donors (Lipinski definition) is 1. The van der Waals surface area contributed by atoms with Gasteiger partial charge in [-0.25, -0.2) is 0 Å². The number of rotatable bonds is 3. The Kier molecular flexibility index (Phi) is 4.09. The van der Waals surface area contributed by atoms with Crippen LogP contribution in [0.15, 0.2) is 24.3 Å². The highest BCUT2D eigenvalue weighted by Gasteiger charge is 2.43. The Labute approximate surface area is 123 Å². The normalized spacial score (nSPS) is 17.6. The molecule has 21 heavy (non-hydrogen) atoms. The van der Waals surface area contributed by atoms with Crippen molar-refractivity contribution in [3.8, 4) is 0 Å². The van der Waals surface area contributed by atoms with Gasteiger partial charge in [-0.2, -0.15) is 0 Å². The lowest BCUT2D eigenvalue weighted by molar-refractivity contribution is -0.143. The number of imide groups is 1. The van der Waals surface area contributed by atoms with Crippen LogP contribution in [0.25, 0.3) is 0 Å². The number of amides is 3. The number of piperazine rings is 1. The van der Waals surface area contributed by atoms with Gasteiger partial charge in [-0.05, 0) is 31.5 Å². The quantitative estimate of drug-likeness (QED) is 0.832. The van der Waals surface area contributed by atoms with Crippen LogP contribution in [0.3, 0.4) is 0 Å². The number of methoxy groups -OCH3 is 1. The maximum atomic E-state index is 12.6. The fraction of sp³-hybridized carbons (Fsp3) is 0.400. The van der Waals surface area contributed by atoms with Crippen molar-refractivity contribution in [1.82, 2.24) is 10.2 Å². The largest absolute Gasteiger partial charge is 0.380 e. The van der Waals surface area contributed by atoms with Crippen molar-refractivity contribution in [2.24, 2.45) is 0 Å². The zero-order valence-electron chi connectivity index (χ0n) is 12.3. The van der Waals surface area contributed by atoms with Crippen LogP contribution in [0.4, 0.5) is 0 Å². The molecule has 1 aliphatic heterocycles. The monoisotopic (exact) mass is 290 g/mol. The standard InChI is InChI=1S/C15H18N2O4/c1-15(2)14(20)16-12(18)8-17(15)13(19)11-6-4-5-10(7-11)9-21-3/h4-7H,8-9H2,1-3H3,(H,16,18,20). The SMILES string of the molecule is COCc1cccc(C(=O)N2CC(=O)NC(=O)C2(C)C)c1. The average Bonchev–Trinajstić information content (AvgIpc) is 2.43. The third kappa shape index (κ3) is 2.95. The fourth-order valence-electron chi connectivity index (χ4n) is 2.23. The second-order valence-electron chi connectivity index (χ2n) is 5.46. The number of carbonyl (C=O) groups excluding carboxylic acids is 3. The van der Waals surface area contributed by atoms with E-state index in [1.807, 2.05) is 6.07 Å². The average molecular weight is 290 g/mol. The molecule has 1 aliphatic rings. The molecular weight excluding hydrogens is 272 g/mol. The first kappa shape index (κ1) is 15.2.